The summed E-state index contributed by atoms with van der Waals surface area (Å²) in [7, 11) is 1.90. The van der Waals surface area contributed by atoms with Crippen LogP contribution in [0, 0.1) is 0 Å². The molecule has 0 radical (unpaired) electrons. The lowest BCUT2D eigenvalue weighted by Gasteiger charge is -2.33. The maximum Gasteiger partial charge on any atom is 0.326 e. The van der Waals surface area contributed by atoms with Gasteiger partial charge in [0.2, 0.25) is 0 Å². The first-order chi connectivity index (χ1) is 15.2. The van der Waals surface area contributed by atoms with Gasteiger partial charge in [0.15, 0.2) is 35.0 Å². The second-order valence-electron chi connectivity index (χ2n) is 7.77. The van der Waals surface area contributed by atoms with Crippen molar-refractivity contribution in [3.8, 4) is 11.6 Å². The molecule has 1 saturated heterocycles. The number of benzene rings is 1. The smallest absolute Gasteiger partial charge is 0.326 e. The average molecular weight is 416 g/mol. The Bertz CT molecular complexity index is 1440. The summed E-state index contributed by atoms with van der Waals surface area (Å²) >= 11 is 0. The van der Waals surface area contributed by atoms with Crippen LogP contribution in [0.3, 0.4) is 0 Å². The molecule has 156 valence electrons. The van der Waals surface area contributed by atoms with Crippen LogP contribution in [-0.2, 0) is 7.05 Å². The molecule has 5 heterocycles. The summed E-state index contributed by atoms with van der Waals surface area (Å²) in [4.78, 5) is 35.4. The van der Waals surface area contributed by atoms with E-state index in [0.29, 0.717) is 11.6 Å². The van der Waals surface area contributed by atoms with Crippen molar-refractivity contribution >= 4 is 28.0 Å². The van der Waals surface area contributed by atoms with Crippen LogP contribution in [-0.4, -0.2) is 47.1 Å². The molecule has 0 aliphatic carbocycles. The Kier molecular flexibility index (Phi) is 3.92. The van der Waals surface area contributed by atoms with E-state index in [2.05, 4.69) is 24.8 Å². The molecule has 10 nitrogen and oxygen atoms in total. The van der Waals surface area contributed by atoms with Crippen molar-refractivity contribution in [2.45, 2.75) is 18.9 Å². The van der Waals surface area contributed by atoms with Crippen LogP contribution in [0.25, 0.3) is 33.8 Å². The van der Waals surface area contributed by atoms with Crippen molar-refractivity contribution < 1.29 is 4.42 Å². The van der Waals surface area contributed by atoms with E-state index in [9.17, 15) is 4.79 Å². The number of aryl methyl sites for hydroxylation is 1. The molecule has 4 aromatic heterocycles. The first-order valence-electron chi connectivity index (χ1n) is 10.2. The summed E-state index contributed by atoms with van der Waals surface area (Å²) < 4.78 is 9.21. The fourth-order valence-corrected chi connectivity index (χ4v) is 4.54. The number of piperidine rings is 1. The fraction of sp³-hybridized carbons (Fsp3) is 0.286. The van der Waals surface area contributed by atoms with Crippen molar-refractivity contribution in [1.82, 2.24) is 34.1 Å². The number of oxazole rings is 1. The van der Waals surface area contributed by atoms with E-state index in [0.717, 1.165) is 53.9 Å². The Morgan fingerprint density at radius 3 is 2.81 bits per heavy atom. The molecule has 10 heteroatoms. The van der Waals surface area contributed by atoms with Gasteiger partial charge in [-0.25, -0.2) is 24.7 Å². The third-order valence-corrected chi connectivity index (χ3v) is 6.04. The highest BCUT2D eigenvalue weighted by atomic mass is 16.3. The van der Waals surface area contributed by atoms with Gasteiger partial charge in [-0.2, -0.15) is 0 Å². The molecular weight excluding hydrogens is 396 g/mol. The number of hydrogen-bond donors (Lipinski definition) is 1. The second kappa shape index (κ2) is 6.79. The lowest BCUT2D eigenvalue weighted by molar-refractivity contribution is 0.395. The van der Waals surface area contributed by atoms with Crippen LogP contribution in [0.1, 0.15) is 18.9 Å². The number of hydrogen-bond acceptors (Lipinski definition) is 7. The zero-order chi connectivity index (χ0) is 20.9. The van der Waals surface area contributed by atoms with E-state index in [4.69, 9.17) is 9.40 Å². The number of fused-ring (bicyclic) bond motifs is 2. The van der Waals surface area contributed by atoms with Crippen LogP contribution >= 0.6 is 0 Å². The summed E-state index contributed by atoms with van der Waals surface area (Å²) in [5, 5.41) is 0. The van der Waals surface area contributed by atoms with Gasteiger partial charge < -0.3 is 18.9 Å². The highest BCUT2D eigenvalue weighted by Crippen LogP contribution is 2.31. The Balaban J connectivity index is 1.32. The van der Waals surface area contributed by atoms with E-state index < -0.39 is 0 Å². The normalized spacial score (nSPS) is 15.3. The molecule has 1 fully saturated rings. The van der Waals surface area contributed by atoms with Crippen LogP contribution in [0.2, 0.25) is 0 Å². The molecule has 1 N–H and O–H groups in total. The largest absolute Gasteiger partial charge is 0.440 e. The van der Waals surface area contributed by atoms with E-state index in [-0.39, 0.29) is 11.7 Å². The highest BCUT2D eigenvalue weighted by Gasteiger charge is 2.27. The van der Waals surface area contributed by atoms with Gasteiger partial charge in [-0.1, -0.05) is 12.1 Å². The van der Waals surface area contributed by atoms with E-state index >= 15 is 0 Å². The lowest BCUT2D eigenvalue weighted by Crippen LogP contribution is -2.37. The predicted molar refractivity (Wildman–Crippen MR) is 115 cm³/mol. The van der Waals surface area contributed by atoms with Gasteiger partial charge in [-0.15, -0.1) is 0 Å². The van der Waals surface area contributed by atoms with Gasteiger partial charge in [0, 0.05) is 26.2 Å². The summed E-state index contributed by atoms with van der Waals surface area (Å²) in [6.07, 6.45) is 6.28. The van der Waals surface area contributed by atoms with Crippen LogP contribution in [0.15, 0.2) is 52.4 Å². The van der Waals surface area contributed by atoms with Crippen LogP contribution < -0.4 is 10.6 Å². The Morgan fingerprint density at radius 1 is 1.16 bits per heavy atom. The van der Waals surface area contributed by atoms with Crippen molar-refractivity contribution in [1.29, 1.82) is 0 Å². The zero-order valence-corrected chi connectivity index (χ0v) is 16.9. The Morgan fingerprint density at radius 2 is 2.00 bits per heavy atom. The van der Waals surface area contributed by atoms with Crippen molar-refractivity contribution in [2.75, 3.05) is 18.0 Å². The minimum Gasteiger partial charge on any atom is -0.440 e. The van der Waals surface area contributed by atoms with Gasteiger partial charge >= 0.3 is 5.69 Å². The summed E-state index contributed by atoms with van der Waals surface area (Å²) in [5.74, 6) is 2.05. The number of anilines is 1. The Hall–Kier alpha value is -3.95. The maximum absolute atomic E-state index is 12.6. The molecule has 1 aromatic carbocycles. The molecule has 0 unspecified atom stereocenters. The molecule has 1 aliphatic rings. The van der Waals surface area contributed by atoms with Gasteiger partial charge in [0.1, 0.15) is 6.33 Å². The predicted octanol–water partition coefficient (Wildman–Crippen LogP) is 2.50. The molecular formula is C21H20N8O2. The Labute approximate surface area is 176 Å². The zero-order valence-electron chi connectivity index (χ0n) is 16.9. The molecule has 0 bridgehead atoms. The van der Waals surface area contributed by atoms with Crippen molar-refractivity contribution in [3.05, 3.63) is 53.7 Å². The first kappa shape index (κ1) is 17.9. The van der Waals surface area contributed by atoms with Crippen molar-refractivity contribution in [2.24, 2.45) is 7.05 Å². The van der Waals surface area contributed by atoms with Gasteiger partial charge in [-0.05, 0) is 25.0 Å². The standard InChI is InChI=1S/C21H20N8O2/c1-27-18(16-10-22-12-31-16)26-17-19(27)23-11-24-20(17)28-8-6-13(7-9-28)29-15-5-3-2-4-14(15)25-21(29)30/h2-5,10-13H,6-9H2,1H3,(H,25,30). The number of nitrogens with zero attached hydrogens (tertiary/aromatic N) is 7. The minimum absolute atomic E-state index is 0.0505. The van der Waals surface area contributed by atoms with Gasteiger partial charge in [-0.3, -0.25) is 4.57 Å². The van der Waals surface area contributed by atoms with E-state index in [1.54, 1.807) is 12.5 Å². The molecule has 0 amide bonds. The summed E-state index contributed by atoms with van der Waals surface area (Å²) in [6, 6.07) is 7.97. The van der Waals surface area contributed by atoms with Crippen LogP contribution in [0.5, 0.6) is 0 Å². The number of H-pyrrole nitrogens is 1. The number of imidazole rings is 2. The molecule has 0 saturated carbocycles. The SMILES string of the molecule is Cn1c(-c2cnco2)nc2c(N3CCC(n4c(=O)[nH]c5ccccc54)CC3)ncnc21. The molecule has 6 rings (SSSR count). The fourth-order valence-electron chi connectivity index (χ4n) is 4.54. The lowest BCUT2D eigenvalue weighted by atomic mass is 10.0. The third kappa shape index (κ3) is 2.75. The number of aromatic nitrogens is 7. The highest BCUT2D eigenvalue weighted by molar-refractivity contribution is 5.86. The van der Waals surface area contributed by atoms with E-state index in [1.165, 1.54) is 6.39 Å². The van der Waals surface area contributed by atoms with Gasteiger partial charge in [0.25, 0.3) is 0 Å². The monoisotopic (exact) mass is 416 g/mol. The first-order valence-corrected chi connectivity index (χ1v) is 10.2. The topological polar surface area (TPSA) is 111 Å². The molecule has 31 heavy (non-hydrogen) atoms. The second-order valence-corrected chi connectivity index (χ2v) is 7.77. The quantitative estimate of drug-likeness (QED) is 0.481. The van der Waals surface area contributed by atoms with E-state index in [1.807, 2.05) is 40.4 Å². The number of nitrogens with one attached hydrogen (secondary N) is 1. The molecule has 1 aliphatic heterocycles. The van der Waals surface area contributed by atoms with Gasteiger partial charge in [0.05, 0.1) is 17.2 Å². The summed E-state index contributed by atoms with van der Waals surface area (Å²) in [6.45, 7) is 1.55. The maximum atomic E-state index is 12.6. The number of rotatable bonds is 3. The molecule has 0 atom stereocenters. The minimum atomic E-state index is -0.0505. The van der Waals surface area contributed by atoms with Crippen LogP contribution in [0.4, 0.5) is 5.82 Å². The molecule has 5 aromatic rings. The third-order valence-electron chi connectivity index (χ3n) is 6.04. The summed E-state index contributed by atoms with van der Waals surface area (Å²) in [5.41, 5.74) is 3.26. The van der Waals surface area contributed by atoms with Crippen molar-refractivity contribution in [3.63, 3.8) is 0 Å². The molecule has 0 spiro atoms. The number of aromatic amines is 1. The number of para-hydroxylation sites is 2. The average Bonchev–Trinajstić information content (AvgIpc) is 3.51.